The Morgan fingerprint density at radius 1 is 1.00 bits per heavy atom. The SMILES string of the molecule is CCOCCn1c(=NC(=O)C(c2ccccc2)c2ccccc2)sc2cc(C)cc(C)c21. The molecule has 32 heavy (non-hydrogen) atoms. The number of hydrogen-bond acceptors (Lipinski definition) is 3. The number of rotatable bonds is 7. The maximum Gasteiger partial charge on any atom is 0.260 e. The molecule has 3 aromatic carbocycles. The molecule has 4 aromatic rings. The molecule has 0 aliphatic carbocycles. The van der Waals surface area contributed by atoms with Gasteiger partial charge in [0.15, 0.2) is 4.80 Å². The van der Waals surface area contributed by atoms with Gasteiger partial charge in [-0.1, -0.05) is 78.1 Å². The highest BCUT2D eigenvalue weighted by molar-refractivity contribution is 7.16. The number of aromatic nitrogens is 1. The van der Waals surface area contributed by atoms with Crippen LogP contribution in [-0.4, -0.2) is 23.7 Å². The molecule has 0 aliphatic heterocycles. The molecule has 1 heterocycles. The molecule has 4 nitrogen and oxygen atoms in total. The van der Waals surface area contributed by atoms with E-state index in [0.29, 0.717) is 19.8 Å². The van der Waals surface area contributed by atoms with E-state index in [1.165, 1.54) is 11.1 Å². The second-order valence-electron chi connectivity index (χ2n) is 7.87. The fraction of sp³-hybridized carbons (Fsp3) is 0.259. The van der Waals surface area contributed by atoms with Gasteiger partial charge in [-0.2, -0.15) is 4.99 Å². The first-order valence-electron chi connectivity index (χ1n) is 10.9. The van der Waals surface area contributed by atoms with E-state index in [2.05, 4.69) is 35.5 Å². The number of amides is 1. The van der Waals surface area contributed by atoms with Crippen LogP contribution in [0, 0.1) is 13.8 Å². The molecule has 0 saturated carbocycles. The van der Waals surface area contributed by atoms with Gasteiger partial charge in [-0.15, -0.1) is 0 Å². The van der Waals surface area contributed by atoms with E-state index >= 15 is 0 Å². The van der Waals surface area contributed by atoms with Gasteiger partial charge in [-0.05, 0) is 49.1 Å². The lowest BCUT2D eigenvalue weighted by atomic mass is 9.91. The molecule has 0 atom stereocenters. The molecule has 0 aliphatic rings. The molecular weight excluding hydrogens is 416 g/mol. The summed E-state index contributed by atoms with van der Waals surface area (Å²) in [6, 6.07) is 24.1. The van der Waals surface area contributed by atoms with Crippen molar-refractivity contribution in [1.82, 2.24) is 4.57 Å². The average molecular weight is 445 g/mol. The van der Waals surface area contributed by atoms with Gasteiger partial charge < -0.3 is 9.30 Å². The third-order valence-corrected chi connectivity index (χ3v) is 6.52. The summed E-state index contributed by atoms with van der Waals surface area (Å²) in [4.78, 5) is 19.0. The molecule has 0 bridgehead atoms. The van der Waals surface area contributed by atoms with Crippen LogP contribution >= 0.6 is 11.3 Å². The van der Waals surface area contributed by atoms with Gasteiger partial charge in [-0.3, -0.25) is 4.79 Å². The highest BCUT2D eigenvalue weighted by Gasteiger charge is 2.23. The number of nitrogens with zero attached hydrogens (tertiary/aromatic N) is 2. The number of thiazole rings is 1. The lowest BCUT2D eigenvalue weighted by Crippen LogP contribution is -2.22. The summed E-state index contributed by atoms with van der Waals surface area (Å²) in [6.07, 6.45) is 0. The highest BCUT2D eigenvalue weighted by atomic mass is 32.1. The summed E-state index contributed by atoms with van der Waals surface area (Å²) in [5.74, 6) is -0.598. The van der Waals surface area contributed by atoms with E-state index in [4.69, 9.17) is 4.74 Å². The summed E-state index contributed by atoms with van der Waals surface area (Å²) < 4.78 is 8.90. The molecule has 164 valence electrons. The molecule has 1 aromatic heterocycles. The topological polar surface area (TPSA) is 43.6 Å². The maximum absolute atomic E-state index is 13.6. The Morgan fingerprint density at radius 3 is 2.22 bits per heavy atom. The van der Waals surface area contributed by atoms with Crippen molar-refractivity contribution in [1.29, 1.82) is 0 Å². The molecule has 0 unspecified atom stereocenters. The number of benzene rings is 3. The number of carbonyl (C=O) groups excluding carboxylic acids is 1. The van der Waals surface area contributed by atoms with Crippen LogP contribution in [0.2, 0.25) is 0 Å². The van der Waals surface area contributed by atoms with Crippen LogP contribution < -0.4 is 4.80 Å². The Hall–Kier alpha value is -3.02. The van der Waals surface area contributed by atoms with Gasteiger partial charge in [0.05, 0.1) is 22.7 Å². The number of hydrogen-bond donors (Lipinski definition) is 0. The molecule has 0 saturated heterocycles. The number of aryl methyl sites for hydroxylation is 2. The zero-order valence-corrected chi connectivity index (χ0v) is 19.6. The Morgan fingerprint density at radius 2 is 1.62 bits per heavy atom. The summed E-state index contributed by atoms with van der Waals surface area (Å²) in [5.41, 5.74) is 5.41. The zero-order valence-electron chi connectivity index (χ0n) is 18.7. The zero-order chi connectivity index (χ0) is 22.5. The predicted octanol–water partition coefficient (Wildman–Crippen LogP) is 5.62. The molecule has 4 rings (SSSR count). The van der Waals surface area contributed by atoms with Crippen molar-refractivity contribution in [3.05, 3.63) is 99.9 Å². The Bertz CT molecular complexity index is 1230. The average Bonchev–Trinajstić information content (AvgIpc) is 3.12. The first kappa shape index (κ1) is 22.2. The minimum atomic E-state index is -0.439. The van der Waals surface area contributed by atoms with Crippen LogP contribution in [-0.2, 0) is 16.1 Å². The minimum absolute atomic E-state index is 0.159. The summed E-state index contributed by atoms with van der Waals surface area (Å²) in [6.45, 7) is 8.10. The standard InChI is InChI=1S/C27H28N2O2S/c1-4-31-16-15-29-25-20(3)17-19(2)18-23(25)32-27(29)28-26(30)24(21-11-7-5-8-12-21)22-13-9-6-10-14-22/h5-14,17-18,24H,4,15-16H2,1-3H3. The molecule has 0 fully saturated rings. The smallest absolute Gasteiger partial charge is 0.260 e. The van der Waals surface area contributed by atoms with Gasteiger partial charge >= 0.3 is 0 Å². The first-order valence-corrected chi connectivity index (χ1v) is 11.8. The maximum atomic E-state index is 13.6. The second-order valence-corrected chi connectivity index (χ2v) is 8.88. The van der Waals surface area contributed by atoms with Gasteiger partial charge in [-0.25, -0.2) is 0 Å². The Kier molecular flexibility index (Phi) is 6.98. The number of carbonyl (C=O) groups is 1. The van der Waals surface area contributed by atoms with Gasteiger partial charge in [0.25, 0.3) is 5.91 Å². The summed E-state index contributed by atoms with van der Waals surface area (Å²) in [7, 11) is 0. The van der Waals surface area contributed by atoms with Crippen molar-refractivity contribution < 1.29 is 9.53 Å². The summed E-state index contributed by atoms with van der Waals surface area (Å²) >= 11 is 1.57. The van der Waals surface area contributed by atoms with Gasteiger partial charge in [0.1, 0.15) is 0 Å². The third kappa shape index (κ3) is 4.74. The fourth-order valence-corrected chi connectivity index (χ4v) is 5.35. The predicted molar refractivity (Wildman–Crippen MR) is 131 cm³/mol. The second kappa shape index (κ2) is 10.1. The van der Waals surface area contributed by atoms with E-state index in [9.17, 15) is 4.79 Å². The molecule has 0 N–H and O–H groups in total. The van der Waals surface area contributed by atoms with Crippen LogP contribution in [0.4, 0.5) is 0 Å². The van der Waals surface area contributed by atoms with E-state index in [-0.39, 0.29) is 5.91 Å². The number of fused-ring (bicyclic) bond motifs is 1. The van der Waals surface area contributed by atoms with Crippen molar-refractivity contribution in [3.63, 3.8) is 0 Å². The van der Waals surface area contributed by atoms with Gasteiger partial charge in [0.2, 0.25) is 0 Å². The van der Waals surface area contributed by atoms with Crippen LogP contribution in [0.15, 0.2) is 77.8 Å². The van der Waals surface area contributed by atoms with Crippen molar-refractivity contribution in [2.24, 2.45) is 4.99 Å². The quantitative estimate of drug-likeness (QED) is 0.348. The van der Waals surface area contributed by atoms with Crippen LogP contribution in [0.5, 0.6) is 0 Å². The normalized spacial score (nSPS) is 12.1. The summed E-state index contributed by atoms with van der Waals surface area (Å²) in [5, 5.41) is 0. The van der Waals surface area contributed by atoms with Crippen LogP contribution in [0.25, 0.3) is 10.2 Å². The van der Waals surface area contributed by atoms with Crippen molar-refractivity contribution in [3.8, 4) is 0 Å². The van der Waals surface area contributed by atoms with Crippen molar-refractivity contribution in [2.45, 2.75) is 33.2 Å². The molecule has 0 spiro atoms. The lowest BCUT2D eigenvalue weighted by molar-refractivity contribution is -0.118. The first-order chi connectivity index (χ1) is 15.6. The fourth-order valence-electron chi connectivity index (χ4n) is 4.11. The van der Waals surface area contributed by atoms with Crippen LogP contribution in [0.3, 0.4) is 0 Å². The number of ether oxygens (including phenoxy) is 1. The monoisotopic (exact) mass is 444 g/mol. The van der Waals surface area contributed by atoms with Gasteiger partial charge in [0, 0.05) is 13.2 Å². The molecule has 1 amide bonds. The Labute approximate surface area is 192 Å². The van der Waals surface area contributed by atoms with Crippen LogP contribution in [0.1, 0.15) is 35.1 Å². The highest BCUT2D eigenvalue weighted by Crippen LogP contribution is 2.27. The van der Waals surface area contributed by atoms with E-state index in [1.807, 2.05) is 67.6 Å². The Balaban J connectivity index is 1.85. The molecular formula is C27H28N2O2S. The molecule has 5 heteroatoms. The van der Waals surface area contributed by atoms with Crippen molar-refractivity contribution in [2.75, 3.05) is 13.2 Å². The third-order valence-electron chi connectivity index (χ3n) is 5.49. The van der Waals surface area contributed by atoms with Crippen molar-refractivity contribution >= 4 is 27.5 Å². The largest absolute Gasteiger partial charge is 0.380 e. The van der Waals surface area contributed by atoms with E-state index < -0.39 is 5.92 Å². The minimum Gasteiger partial charge on any atom is -0.380 e. The van der Waals surface area contributed by atoms with E-state index in [0.717, 1.165) is 26.1 Å². The van der Waals surface area contributed by atoms with E-state index in [1.54, 1.807) is 11.3 Å². The molecule has 0 radical (unpaired) electrons. The lowest BCUT2D eigenvalue weighted by Gasteiger charge is -2.14.